The van der Waals surface area contributed by atoms with Crippen molar-refractivity contribution < 1.29 is 0 Å². The second kappa shape index (κ2) is 8.19. The second-order valence-electron chi connectivity index (χ2n) is 6.76. The van der Waals surface area contributed by atoms with Gasteiger partial charge in [0.05, 0.1) is 0 Å². The number of rotatable bonds is 6. The molecule has 1 N–H and O–H groups in total. The first-order valence-electron chi connectivity index (χ1n) is 8.50. The Morgan fingerprint density at radius 3 is 2.75 bits per heavy atom. The van der Waals surface area contributed by atoms with E-state index in [2.05, 4.69) is 43.6 Å². The molecule has 1 nitrogen and oxygen atoms in total. The molecule has 1 aromatic heterocycles. The molecule has 0 bridgehead atoms. The van der Waals surface area contributed by atoms with Crippen LogP contribution in [0.1, 0.15) is 76.6 Å². The van der Waals surface area contributed by atoms with Gasteiger partial charge in [-0.05, 0) is 42.5 Å². The summed E-state index contributed by atoms with van der Waals surface area (Å²) in [4.78, 5) is 1.51. The molecule has 20 heavy (non-hydrogen) atoms. The van der Waals surface area contributed by atoms with Crippen molar-refractivity contribution in [3.05, 3.63) is 22.4 Å². The molecule has 2 rings (SSSR count). The van der Waals surface area contributed by atoms with Gasteiger partial charge in [-0.2, -0.15) is 0 Å². The predicted octanol–water partition coefficient (Wildman–Crippen LogP) is 5.78. The van der Waals surface area contributed by atoms with Crippen molar-refractivity contribution in [2.45, 2.75) is 77.8 Å². The third-order valence-electron chi connectivity index (χ3n) is 4.72. The molecule has 0 spiro atoms. The Kier molecular flexibility index (Phi) is 6.57. The first kappa shape index (κ1) is 16.0. The third-order valence-corrected chi connectivity index (χ3v) is 5.67. The van der Waals surface area contributed by atoms with Gasteiger partial charge in [0.1, 0.15) is 0 Å². The minimum absolute atomic E-state index is 0.544. The van der Waals surface area contributed by atoms with Gasteiger partial charge in [0.2, 0.25) is 0 Å². The van der Waals surface area contributed by atoms with Gasteiger partial charge in [-0.1, -0.05) is 52.5 Å². The molecule has 3 unspecified atom stereocenters. The molecule has 3 atom stereocenters. The Morgan fingerprint density at radius 2 is 2.10 bits per heavy atom. The van der Waals surface area contributed by atoms with Crippen molar-refractivity contribution in [1.29, 1.82) is 0 Å². The van der Waals surface area contributed by atoms with Gasteiger partial charge in [-0.3, -0.25) is 0 Å². The summed E-state index contributed by atoms with van der Waals surface area (Å²) >= 11 is 1.90. The normalized spacial score (nSPS) is 25.6. The highest BCUT2D eigenvalue weighted by Gasteiger charge is 2.23. The van der Waals surface area contributed by atoms with Gasteiger partial charge in [-0.25, -0.2) is 0 Å². The minimum Gasteiger partial charge on any atom is -0.306 e. The molecule has 1 heterocycles. The summed E-state index contributed by atoms with van der Waals surface area (Å²) in [5.41, 5.74) is 0. The first-order chi connectivity index (χ1) is 9.70. The quantitative estimate of drug-likeness (QED) is 0.655. The van der Waals surface area contributed by atoms with E-state index in [-0.39, 0.29) is 0 Å². The number of hydrogen-bond donors (Lipinski definition) is 1. The summed E-state index contributed by atoms with van der Waals surface area (Å²) in [6.45, 7) is 7.01. The Balaban J connectivity index is 1.91. The van der Waals surface area contributed by atoms with Crippen LogP contribution in [0.25, 0.3) is 0 Å². The number of nitrogens with one attached hydrogen (secondary N) is 1. The number of thiophene rings is 1. The van der Waals surface area contributed by atoms with E-state index in [9.17, 15) is 0 Å². The zero-order valence-electron chi connectivity index (χ0n) is 13.4. The average Bonchev–Trinajstić information content (AvgIpc) is 2.85. The lowest BCUT2D eigenvalue weighted by molar-refractivity contribution is 0.336. The summed E-state index contributed by atoms with van der Waals surface area (Å²) in [6, 6.07) is 5.74. The number of hydrogen-bond acceptors (Lipinski definition) is 2. The van der Waals surface area contributed by atoms with Crippen LogP contribution in [0.15, 0.2) is 17.5 Å². The highest BCUT2D eigenvalue weighted by Crippen LogP contribution is 2.31. The summed E-state index contributed by atoms with van der Waals surface area (Å²) in [5, 5.41) is 6.18. The molecular formula is C18H31NS. The lowest BCUT2D eigenvalue weighted by atomic mass is 9.95. The Bertz CT molecular complexity index is 358. The summed E-state index contributed by atoms with van der Waals surface area (Å²) in [5.74, 6) is 1.66. The van der Waals surface area contributed by atoms with Crippen LogP contribution in [0.2, 0.25) is 0 Å². The summed E-state index contributed by atoms with van der Waals surface area (Å²) < 4.78 is 0. The molecule has 0 saturated heterocycles. The molecule has 1 aliphatic carbocycles. The molecule has 0 aromatic carbocycles. The van der Waals surface area contributed by atoms with Crippen LogP contribution in [-0.4, -0.2) is 6.04 Å². The van der Waals surface area contributed by atoms with Crippen molar-refractivity contribution in [3.63, 3.8) is 0 Å². The standard InChI is InChI=1S/C18H31NS/c1-4-7-15-8-5-9-16(12-11-15)19-18(14(2)3)17-10-6-13-20-17/h6,10,13-16,18-19H,4-5,7-9,11-12H2,1-3H3. The molecule has 1 fully saturated rings. The maximum Gasteiger partial charge on any atom is 0.0440 e. The predicted molar refractivity (Wildman–Crippen MR) is 90.3 cm³/mol. The van der Waals surface area contributed by atoms with Crippen LogP contribution in [0.5, 0.6) is 0 Å². The second-order valence-corrected chi connectivity index (χ2v) is 7.74. The largest absolute Gasteiger partial charge is 0.306 e. The zero-order chi connectivity index (χ0) is 14.4. The van der Waals surface area contributed by atoms with E-state index >= 15 is 0 Å². The highest BCUT2D eigenvalue weighted by atomic mass is 32.1. The molecule has 114 valence electrons. The fourth-order valence-electron chi connectivity index (χ4n) is 3.57. The Hall–Kier alpha value is -0.340. The van der Waals surface area contributed by atoms with Gasteiger partial charge in [0.25, 0.3) is 0 Å². The van der Waals surface area contributed by atoms with Gasteiger partial charge in [0, 0.05) is 17.0 Å². The van der Waals surface area contributed by atoms with E-state index < -0.39 is 0 Å². The van der Waals surface area contributed by atoms with Gasteiger partial charge in [0.15, 0.2) is 0 Å². The molecular weight excluding hydrogens is 262 g/mol. The third kappa shape index (κ3) is 4.60. The summed E-state index contributed by atoms with van der Waals surface area (Å²) in [6.07, 6.45) is 9.83. The molecule has 0 aliphatic heterocycles. The Labute approximate surface area is 129 Å². The van der Waals surface area contributed by atoms with Crippen LogP contribution < -0.4 is 5.32 Å². The van der Waals surface area contributed by atoms with Gasteiger partial charge >= 0.3 is 0 Å². The van der Waals surface area contributed by atoms with Crippen molar-refractivity contribution >= 4 is 11.3 Å². The van der Waals surface area contributed by atoms with Crippen molar-refractivity contribution in [2.24, 2.45) is 11.8 Å². The zero-order valence-corrected chi connectivity index (χ0v) is 14.2. The van der Waals surface area contributed by atoms with Crippen molar-refractivity contribution in [2.75, 3.05) is 0 Å². The minimum atomic E-state index is 0.544. The van der Waals surface area contributed by atoms with Crippen molar-refractivity contribution in [1.82, 2.24) is 5.32 Å². The SMILES string of the molecule is CCCC1CCCC(NC(c2cccs2)C(C)C)CC1. The molecule has 1 saturated carbocycles. The van der Waals surface area contributed by atoms with Crippen LogP contribution in [-0.2, 0) is 0 Å². The van der Waals surface area contributed by atoms with Crippen LogP contribution >= 0.6 is 11.3 Å². The average molecular weight is 294 g/mol. The van der Waals surface area contributed by atoms with Crippen LogP contribution in [0.4, 0.5) is 0 Å². The Morgan fingerprint density at radius 1 is 1.25 bits per heavy atom. The van der Waals surface area contributed by atoms with Gasteiger partial charge in [-0.15, -0.1) is 11.3 Å². The van der Waals surface area contributed by atoms with Crippen LogP contribution in [0, 0.1) is 11.8 Å². The molecule has 0 amide bonds. The fraction of sp³-hybridized carbons (Fsp3) is 0.778. The van der Waals surface area contributed by atoms with E-state index in [0.29, 0.717) is 12.0 Å². The van der Waals surface area contributed by atoms with E-state index in [1.807, 2.05) is 11.3 Å². The topological polar surface area (TPSA) is 12.0 Å². The van der Waals surface area contributed by atoms with Crippen molar-refractivity contribution in [3.8, 4) is 0 Å². The van der Waals surface area contributed by atoms with Crippen LogP contribution in [0.3, 0.4) is 0 Å². The van der Waals surface area contributed by atoms with E-state index in [0.717, 1.165) is 12.0 Å². The van der Waals surface area contributed by atoms with E-state index in [1.54, 1.807) is 0 Å². The maximum absolute atomic E-state index is 3.97. The lowest BCUT2D eigenvalue weighted by Gasteiger charge is -2.27. The molecule has 1 aromatic rings. The monoisotopic (exact) mass is 293 g/mol. The molecule has 0 radical (unpaired) electrons. The van der Waals surface area contributed by atoms with Gasteiger partial charge < -0.3 is 5.32 Å². The molecule has 1 aliphatic rings. The fourth-order valence-corrected chi connectivity index (χ4v) is 4.53. The highest BCUT2D eigenvalue weighted by molar-refractivity contribution is 7.10. The smallest absolute Gasteiger partial charge is 0.0440 e. The van der Waals surface area contributed by atoms with E-state index in [4.69, 9.17) is 0 Å². The summed E-state index contributed by atoms with van der Waals surface area (Å²) in [7, 11) is 0. The lowest BCUT2D eigenvalue weighted by Crippen LogP contribution is -2.34. The first-order valence-corrected chi connectivity index (χ1v) is 9.38. The maximum atomic E-state index is 3.97. The molecule has 2 heteroatoms. The van der Waals surface area contributed by atoms with E-state index in [1.165, 1.54) is 49.8 Å².